The van der Waals surface area contributed by atoms with Crippen LogP contribution in [0.25, 0.3) is 0 Å². The number of hydrogen-bond donors (Lipinski definition) is 2. The van der Waals surface area contributed by atoms with Crippen molar-refractivity contribution in [2.24, 2.45) is 5.92 Å². The maximum Gasteiger partial charge on any atom is 0.407 e. The molecule has 0 radical (unpaired) electrons. The van der Waals surface area contributed by atoms with Gasteiger partial charge in [0.25, 0.3) is 0 Å². The van der Waals surface area contributed by atoms with Crippen molar-refractivity contribution < 1.29 is 23.7 Å². The zero-order chi connectivity index (χ0) is 19.9. The van der Waals surface area contributed by atoms with E-state index in [1.165, 1.54) is 0 Å². The van der Waals surface area contributed by atoms with Crippen LogP contribution < -0.4 is 10.1 Å². The van der Waals surface area contributed by atoms with Gasteiger partial charge in [0.2, 0.25) is 7.37 Å². The van der Waals surface area contributed by atoms with Crippen LogP contribution in [0.1, 0.15) is 52.9 Å². The highest BCUT2D eigenvalue weighted by atomic mass is 31.2. The van der Waals surface area contributed by atoms with Gasteiger partial charge in [-0.1, -0.05) is 18.2 Å². The Balaban J connectivity index is 1.68. The normalized spacial score (nSPS) is 22.5. The van der Waals surface area contributed by atoms with E-state index in [2.05, 4.69) is 5.32 Å². The van der Waals surface area contributed by atoms with Crippen LogP contribution in [-0.2, 0) is 9.30 Å². The van der Waals surface area contributed by atoms with E-state index in [1.54, 1.807) is 12.1 Å². The van der Waals surface area contributed by atoms with Crippen LogP contribution in [0.2, 0.25) is 0 Å². The van der Waals surface area contributed by atoms with Gasteiger partial charge in [0, 0.05) is 12.2 Å². The zero-order valence-corrected chi connectivity index (χ0v) is 17.4. The summed E-state index contributed by atoms with van der Waals surface area (Å²) in [5, 5.41) is 2.78. The van der Waals surface area contributed by atoms with Gasteiger partial charge in [-0.15, -0.1) is 0 Å². The van der Waals surface area contributed by atoms with E-state index in [9.17, 15) is 14.3 Å². The van der Waals surface area contributed by atoms with Crippen molar-refractivity contribution in [2.45, 2.75) is 64.1 Å². The van der Waals surface area contributed by atoms with Crippen LogP contribution in [-0.4, -0.2) is 35.1 Å². The first-order chi connectivity index (χ1) is 12.7. The van der Waals surface area contributed by atoms with Gasteiger partial charge >= 0.3 is 6.09 Å². The van der Waals surface area contributed by atoms with Crippen molar-refractivity contribution in [2.75, 3.05) is 12.9 Å². The molecule has 1 amide bonds. The summed E-state index contributed by atoms with van der Waals surface area (Å²) in [4.78, 5) is 22.1. The van der Waals surface area contributed by atoms with Crippen molar-refractivity contribution in [1.29, 1.82) is 0 Å². The van der Waals surface area contributed by atoms with Gasteiger partial charge in [0.15, 0.2) is 6.35 Å². The van der Waals surface area contributed by atoms with E-state index in [4.69, 9.17) is 9.47 Å². The molecule has 1 atom stereocenters. The molecule has 1 aliphatic carbocycles. The fourth-order valence-electron chi connectivity index (χ4n) is 3.32. The monoisotopic (exact) mass is 397 g/mol. The number of para-hydroxylation sites is 1. The van der Waals surface area contributed by atoms with Crippen molar-refractivity contribution in [3.05, 3.63) is 30.3 Å². The fourth-order valence-corrected chi connectivity index (χ4v) is 4.97. The van der Waals surface area contributed by atoms with Crippen LogP contribution in [0, 0.1) is 5.92 Å². The number of amides is 1. The Morgan fingerprint density at radius 2 is 1.81 bits per heavy atom. The maximum absolute atomic E-state index is 12.6. The van der Waals surface area contributed by atoms with Crippen molar-refractivity contribution in [3.63, 3.8) is 0 Å². The predicted octanol–water partition coefficient (Wildman–Crippen LogP) is 4.77. The highest BCUT2D eigenvalue weighted by Gasteiger charge is 2.35. The van der Waals surface area contributed by atoms with E-state index < -0.39 is 19.1 Å². The molecule has 2 N–H and O–H groups in total. The lowest BCUT2D eigenvalue weighted by Gasteiger charge is -2.31. The minimum atomic E-state index is -3.34. The number of benzene rings is 1. The van der Waals surface area contributed by atoms with Crippen LogP contribution >= 0.6 is 7.37 Å². The van der Waals surface area contributed by atoms with Crippen molar-refractivity contribution >= 4 is 13.5 Å². The van der Waals surface area contributed by atoms with E-state index in [-0.39, 0.29) is 12.0 Å². The molecule has 6 nitrogen and oxygen atoms in total. The molecule has 0 heterocycles. The third kappa shape index (κ3) is 7.94. The van der Waals surface area contributed by atoms with Gasteiger partial charge in [-0.25, -0.2) is 4.79 Å². The smallest absolute Gasteiger partial charge is 0.407 e. The van der Waals surface area contributed by atoms with E-state index >= 15 is 0 Å². The summed E-state index contributed by atoms with van der Waals surface area (Å²) >= 11 is 0. The molecule has 0 bridgehead atoms. The SMILES string of the molecule is CC(C)(C)OC(=O)NCCC1CCC(P(=O)(O)COc2ccccc2)CC1. The van der Waals surface area contributed by atoms with Gasteiger partial charge < -0.3 is 19.7 Å². The van der Waals surface area contributed by atoms with Crippen LogP contribution in [0.4, 0.5) is 4.79 Å². The summed E-state index contributed by atoms with van der Waals surface area (Å²) in [5.41, 5.74) is -0.692. The summed E-state index contributed by atoms with van der Waals surface area (Å²) in [6, 6.07) is 9.13. The second-order valence-corrected chi connectivity index (χ2v) is 10.7. The van der Waals surface area contributed by atoms with Crippen LogP contribution in [0.5, 0.6) is 5.75 Å². The highest BCUT2D eigenvalue weighted by Crippen LogP contribution is 2.52. The van der Waals surface area contributed by atoms with Crippen LogP contribution in [0.15, 0.2) is 30.3 Å². The fraction of sp³-hybridized carbons (Fsp3) is 0.650. The van der Waals surface area contributed by atoms with Gasteiger partial charge in [-0.3, -0.25) is 4.57 Å². The molecule has 1 unspecified atom stereocenters. The molecule has 7 heteroatoms. The molecule has 1 fully saturated rings. The topological polar surface area (TPSA) is 84.9 Å². The van der Waals surface area contributed by atoms with E-state index in [0.29, 0.717) is 18.2 Å². The van der Waals surface area contributed by atoms with Crippen molar-refractivity contribution in [1.82, 2.24) is 5.32 Å². The second kappa shape index (κ2) is 9.61. The van der Waals surface area contributed by atoms with Crippen molar-refractivity contribution in [3.8, 4) is 5.75 Å². The molecule has 0 aliphatic heterocycles. The van der Waals surface area contributed by atoms with Gasteiger partial charge in [0.05, 0.1) is 0 Å². The third-order valence-corrected chi connectivity index (χ3v) is 6.92. The lowest BCUT2D eigenvalue weighted by atomic mass is 9.86. The predicted molar refractivity (Wildman–Crippen MR) is 106 cm³/mol. The summed E-state index contributed by atoms with van der Waals surface area (Å²) in [7, 11) is -3.34. The average Bonchev–Trinajstić information content (AvgIpc) is 2.60. The van der Waals surface area contributed by atoms with Crippen LogP contribution in [0.3, 0.4) is 0 Å². The minimum Gasteiger partial charge on any atom is -0.484 e. The number of carbonyl (C=O) groups excluding carboxylic acids is 1. The van der Waals surface area contributed by atoms with E-state index in [0.717, 1.165) is 32.1 Å². The molecule has 2 rings (SSSR count). The molecular weight excluding hydrogens is 365 g/mol. The summed E-state index contributed by atoms with van der Waals surface area (Å²) in [5.74, 6) is 1.08. The lowest BCUT2D eigenvalue weighted by molar-refractivity contribution is 0.0524. The maximum atomic E-state index is 12.6. The third-order valence-electron chi connectivity index (χ3n) is 4.77. The molecule has 1 aromatic carbocycles. The zero-order valence-electron chi connectivity index (χ0n) is 16.5. The first kappa shape index (κ1) is 21.8. The molecular formula is C20H32NO5P. The number of rotatable bonds is 7. The standard InChI is InChI=1S/C20H32NO5P/c1-20(2,3)26-19(22)21-14-13-16-9-11-18(12-10-16)27(23,24)15-25-17-7-5-4-6-8-17/h4-8,16,18H,9-15H2,1-3H3,(H,21,22)(H,23,24). The van der Waals surface area contributed by atoms with Gasteiger partial charge in [-0.2, -0.15) is 0 Å². The molecule has 1 aromatic rings. The Hall–Kier alpha value is -1.52. The van der Waals surface area contributed by atoms with Gasteiger partial charge in [0.1, 0.15) is 11.4 Å². The summed E-state index contributed by atoms with van der Waals surface area (Å²) < 4.78 is 23.4. The summed E-state index contributed by atoms with van der Waals surface area (Å²) in [6.07, 6.45) is 3.59. The average molecular weight is 397 g/mol. The van der Waals surface area contributed by atoms with E-state index in [1.807, 2.05) is 39.0 Å². The molecule has 0 aromatic heterocycles. The molecule has 152 valence electrons. The number of carbonyl (C=O) groups is 1. The Labute approximate surface area is 162 Å². The largest absolute Gasteiger partial charge is 0.484 e. The Kier molecular flexibility index (Phi) is 7.75. The molecule has 0 saturated heterocycles. The molecule has 0 spiro atoms. The first-order valence-corrected chi connectivity index (χ1v) is 11.5. The first-order valence-electron chi connectivity index (χ1n) is 9.62. The Bertz CT molecular complexity index is 636. The Morgan fingerprint density at radius 1 is 1.19 bits per heavy atom. The lowest BCUT2D eigenvalue weighted by Crippen LogP contribution is -2.34. The number of ether oxygens (including phenoxy) is 2. The quantitative estimate of drug-likeness (QED) is 0.648. The molecule has 27 heavy (non-hydrogen) atoms. The molecule has 1 aliphatic rings. The number of hydrogen-bond acceptors (Lipinski definition) is 4. The molecule has 1 saturated carbocycles. The van der Waals surface area contributed by atoms with Gasteiger partial charge in [-0.05, 0) is 70.9 Å². The summed E-state index contributed by atoms with van der Waals surface area (Å²) in [6.45, 7) is 6.08. The second-order valence-electron chi connectivity index (χ2n) is 8.23. The minimum absolute atomic E-state index is 0.132. The Morgan fingerprint density at radius 3 is 2.41 bits per heavy atom. The highest BCUT2D eigenvalue weighted by molar-refractivity contribution is 7.58. The number of alkyl carbamates (subject to hydrolysis) is 1. The number of nitrogens with one attached hydrogen (secondary N) is 1.